The minimum Gasteiger partial charge on any atom is -0.376 e. The number of aryl methyl sites for hydroxylation is 1. The standard InChI is InChI=1S/C18H22N6O2/c1-12-6-20-14(8-19-12)16(25)24-5-4-18(10-24)11-26-9-13-7-21-17(23(2)3)22-15(13)18/h6-8H,4-5,9-11H2,1-3H3. The van der Waals surface area contributed by atoms with Crippen molar-refractivity contribution >= 4 is 11.9 Å². The molecule has 136 valence electrons. The van der Waals surface area contributed by atoms with Crippen molar-refractivity contribution in [3.05, 3.63) is 41.2 Å². The van der Waals surface area contributed by atoms with Gasteiger partial charge in [0, 0.05) is 45.1 Å². The molecule has 0 saturated carbocycles. The molecule has 0 N–H and O–H groups in total. The van der Waals surface area contributed by atoms with E-state index in [1.807, 2.05) is 37.0 Å². The maximum absolute atomic E-state index is 12.8. The van der Waals surface area contributed by atoms with E-state index in [4.69, 9.17) is 9.72 Å². The van der Waals surface area contributed by atoms with Crippen LogP contribution < -0.4 is 4.90 Å². The molecule has 1 fully saturated rings. The number of nitrogens with zero attached hydrogens (tertiary/aromatic N) is 6. The van der Waals surface area contributed by atoms with E-state index in [1.54, 1.807) is 12.4 Å². The van der Waals surface area contributed by atoms with E-state index >= 15 is 0 Å². The van der Waals surface area contributed by atoms with E-state index in [1.165, 1.54) is 0 Å². The first-order valence-corrected chi connectivity index (χ1v) is 8.68. The Balaban J connectivity index is 1.63. The Kier molecular flexibility index (Phi) is 4.07. The monoisotopic (exact) mass is 354 g/mol. The number of rotatable bonds is 2. The van der Waals surface area contributed by atoms with Crippen molar-refractivity contribution in [3.8, 4) is 0 Å². The van der Waals surface area contributed by atoms with Gasteiger partial charge >= 0.3 is 0 Å². The fraction of sp³-hybridized carbons (Fsp3) is 0.500. The molecule has 1 spiro atoms. The van der Waals surface area contributed by atoms with Crippen LogP contribution in [0.3, 0.4) is 0 Å². The van der Waals surface area contributed by atoms with Crippen molar-refractivity contribution in [2.24, 2.45) is 0 Å². The lowest BCUT2D eigenvalue weighted by Gasteiger charge is -2.34. The van der Waals surface area contributed by atoms with E-state index in [0.717, 1.165) is 23.4 Å². The van der Waals surface area contributed by atoms with Gasteiger partial charge in [0.15, 0.2) is 0 Å². The van der Waals surface area contributed by atoms with Crippen molar-refractivity contribution in [1.29, 1.82) is 0 Å². The molecule has 4 rings (SSSR count). The van der Waals surface area contributed by atoms with Crippen LogP contribution in [-0.2, 0) is 16.8 Å². The fourth-order valence-corrected chi connectivity index (χ4v) is 3.62. The molecule has 2 aromatic heterocycles. The second-order valence-corrected chi connectivity index (χ2v) is 7.23. The zero-order chi connectivity index (χ0) is 18.3. The first-order valence-electron chi connectivity index (χ1n) is 8.68. The number of hydrogen-bond donors (Lipinski definition) is 0. The van der Waals surface area contributed by atoms with Gasteiger partial charge in [-0.3, -0.25) is 9.78 Å². The third-order valence-electron chi connectivity index (χ3n) is 5.03. The van der Waals surface area contributed by atoms with Gasteiger partial charge < -0.3 is 14.5 Å². The predicted octanol–water partition coefficient (Wildman–Crippen LogP) is 0.955. The summed E-state index contributed by atoms with van der Waals surface area (Å²) in [4.78, 5) is 34.1. The van der Waals surface area contributed by atoms with Gasteiger partial charge in [-0.15, -0.1) is 0 Å². The fourth-order valence-electron chi connectivity index (χ4n) is 3.62. The summed E-state index contributed by atoms with van der Waals surface area (Å²) in [5.74, 6) is 0.586. The molecule has 0 bridgehead atoms. The first-order chi connectivity index (χ1) is 12.5. The predicted molar refractivity (Wildman–Crippen MR) is 95.0 cm³/mol. The molecule has 1 atom stereocenters. The average Bonchev–Trinajstić information content (AvgIpc) is 3.06. The Labute approximate surface area is 152 Å². The molecule has 1 amide bonds. The van der Waals surface area contributed by atoms with Crippen LogP contribution in [0.5, 0.6) is 0 Å². The molecule has 8 heteroatoms. The smallest absolute Gasteiger partial charge is 0.274 e. The summed E-state index contributed by atoms with van der Waals surface area (Å²) >= 11 is 0. The number of amides is 1. The summed E-state index contributed by atoms with van der Waals surface area (Å²) < 4.78 is 5.82. The first kappa shape index (κ1) is 16.8. The van der Waals surface area contributed by atoms with Crippen LogP contribution in [0.25, 0.3) is 0 Å². The highest BCUT2D eigenvalue weighted by atomic mass is 16.5. The number of anilines is 1. The number of carbonyl (C=O) groups excluding carboxylic acids is 1. The lowest BCUT2D eigenvalue weighted by atomic mass is 9.80. The quantitative estimate of drug-likeness (QED) is 0.794. The van der Waals surface area contributed by atoms with Crippen LogP contribution in [0, 0.1) is 6.92 Å². The topological polar surface area (TPSA) is 84.3 Å². The van der Waals surface area contributed by atoms with Gasteiger partial charge in [-0.1, -0.05) is 0 Å². The molecule has 1 unspecified atom stereocenters. The molecule has 2 aromatic rings. The van der Waals surface area contributed by atoms with Gasteiger partial charge in [0.2, 0.25) is 5.95 Å². The van der Waals surface area contributed by atoms with Gasteiger partial charge in [-0.05, 0) is 13.3 Å². The molecule has 0 radical (unpaired) electrons. The Morgan fingerprint density at radius 2 is 2.08 bits per heavy atom. The van der Waals surface area contributed by atoms with Crippen LogP contribution in [0.1, 0.15) is 33.9 Å². The van der Waals surface area contributed by atoms with Gasteiger partial charge in [-0.2, -0.15) is 0 Å². The molecule has 0 aliphatic carbocycles. The third kappa shape index (κ3) is 2.80. The lowest BCUT2D eigenvalue weighted by molar-refractivity contribution is 0.0483. The second-order valence-electron chi connectivity index (χ2n) is 7.23. The van der Waals surface area contributed by atoms with Gasteiger partial charge in [-0.25, -0.2) is 15.0 Å². The highest BCUT2D eigenvalue weighted by molar-refractivity contribution is 5.92. The molecule has 4 heterocycles. The molecule has 26 heavy (non-hydrogen) atoms. The molecule has 1 saturated heterocycles. The molecular weight excluding hydrogens is 332 g/mol. The van der Waals surface area contributed by atoms with Gasteiger partial charge in [0.25, 0.3) is 5.91 Å². The van der Waals surface area contributed by atoms with Crippen LogP contribution in [0.4, 0.5) is 5.95 Å². The van der Waals surface area contributed by atoms with Crippen molar-refractivity contribution < 1.29 is 9.53 Å². The maximum atomic E-state index is 12.8. The van der Waals surface area contributed by atoms with E-state index in [2.05, 4.69) is 15.0 Å². The van der Waals surface area contributed by atoms with E-state index in [0.29, 0.717) is 37.9 Å². The van der Waals surface area contributed by atoms with Crippen LogP contribution in [0.15, 0.2) is 18.6 Å². The second kappa shape index (κ2) is 6.28. The summed E-state index contributed by atoms with van der Waals surface area (Å²) in [6.45, 7) is 4.15. The van der Waals surface area contributed by atoms with Crippen molar-refractivity contribution in [2.75, 3.05) is 38.7 Å². The minimum absolute atomic E-state index is 0.0941. The molecule has 2 aliphatic rings. The minimum atomic E-state index is -0.283. The summed E-state index contributed by atoms with van der Waals surface area (Å²) in [6.07, 6.45) is 5.82. The Hall–Kier alpha value is -2.61. The number of likely N-dealkylation sites (tertiary alicyclic amines) is 1. The molecular formula is C18H22N6O2. The summed E-state index contributed by atoms with van der Waals surface area (Å²) in [5.41, 5.74) is 2.90. The van der Waals surface area contributed by atoms with Crippen molar-refractivity contribution in [3.63, 3.8) is 0 Å². The molecule has 2 aliphatic heterocycles. The SMILES string of the molecule is Cc1cnc(C(=O)N2CCC3(COCc4cnc(N(C)C)nc43)C2)cn1. The van der Waals surface area contributed by atoms with Gasteiger partial charge in [0.05, 0.1) is 36.2 Å². The van der Waals surface area contributed by atoms with Crippen LogP contribution in [0.2, 0.25) is 0 Å². The number of aromatic nitrogens is 4. The summed E-state index contributed by atoms with van der Waals surface area (Å²) in [6, 6.07) is 0. The van der Waals surface area contributed by atoms with Crippen molar-refractivity contribution in [2.45, 2.75) is 25.4 Å². The van der Waals surface area contributed by atoms with Crippen LogP contribution >= 0.6 is 0 Å². The zero-order valence-electron chi connectivity index (χ0n) is 15.3. The number of carbonyl (C=O) groups is 1. The Morgan fingerprint density at radius 1 is 1.23 bits per heavy atom. The maximum Gasteiger partial charge on any atom is 0.274 e. The highest BCUT2D eigenvalue weighted by Gasteiger charge is 2.46. The average molecular weight is 354 g/mol. The van der Waals surface area contributed by atoms with Crippen molar-refractivity contribution in [1.82, 2.24) is 24.8 Å². The Bertz CT molecular complexity index is 838. The summed E-state index contributed by atoms with van der Waals surface area (Å²) in [7, 11) is 3.85. The van der Waals surface area contributed by atoms with E-state index in [-0.39, 0.29) is 11.3 Å². The Morgan fingerprint density at radius 3 is 2.81 bits per heavy atom. The summed E-state index contributed by atoms with van der Waals surface area (Å²) in [5, 5.41) is 0. The lowest BCUT2D eigenvalue weighted by Crippen LogP contribution is -2.42. The number of fused-ring (bicyclic) bond motifs is 2. The number of hydrogen-bond acceptors (Lipinski definition) is 7. The van der Waals surface area contributed by atoms with Crippen LogP contribution in [-0.4, -0.2) is 64.5 Å². The molecule has 8 nitrogen and oxygen atoms in total. The third-order valence-corrected chi connectivity index (χ3v) is 5.03. The zero-order valence-corrected chi connectivity index (χ0v) is 15.3. The largest absolute Gasteiger partial charge is 0.376 e. The van der Waals surface area contributed by atoms with E-state index < -0.39 is 0 Å². The molecule has 0 aromatic carbocycles. The number of ether oxygens (including phenoxy) is 1. The normalized spacial score (nSPS) is 21.7. The van der Waals surface area contributed by atoms with Gasteiger partial charge in [0.1, 0.15) is 5.69 Å². The van der Waals surface area contributed by atoms with E-state index in [9.17, 15) is 4.79 Å². The highest BCUT2D eigenvalue weighted by Crippen LogP contribution is 2.39.